The van der Waals surface area contributed by atoms with Crippen LogP contribution in [0.1, 0.15) is 16.7 Å². The van der Waals surface area contributed by atoms with E-state index in [9.17, 15) is 8.42 Å². The minimum atomic E-state index is -3.26. The third-order valence-electron chi connectivity index (χ3n) is 3.06. The lowest BCUT2D eigenvalue weighted by Gasteiger charge is -2.20. The molecule has 0 saturated carbocycles. The number of rotatable bonds is 5. The highest BCUT2D eigenvalue weighted by molar-refractivity contribution is 7.88. The van der Waals surface area contributed by atoms with Crippen LogP contribution < -0.4 is 0 Å². The van der Waals surface area contributed by atoms with Gasteiger partial charge in [-0.3, -0.25) is 4.98 Å². The van der Waals surface area contributed by atoms with Crippen molar-refractivity contribution < 1.29 is 8.42 Å². The summed E-state index contributed by atoms with van der Waals surface area (Å²) in [7, 11) is -3.26. The highest BCUT2D eigenvalue weighted by atomic mass is 32.2. The van der Waals surface area contributed by atoms with Gasteiger partial charge in [0.1, 0.15) is 0 Å². The normalized spacial score (nSPS) is 11.8. The molecule has 0 saturated heterocycles. The number of hydrogen-bond acceptors (Lipinski definition) is 3. The summed E-state index contributed by atoms with van der Waals surface area (Å²) in [5.41, 5.74) is 3.07. The van der Waals surface area contributed by atoms with Gasteiger partial charge < -0.3 is 0 Å². The Kier molecular flexibility index (Phi) is 4.52. The molecule has 0 fully saturated rings. The van der Waals surface area contributed by atoms with E-state index in [4.69, 9.17) is 0 Å². The van der Waals surface area contributed by atoms with Crippen LogP contribution in [0.2, 0.25) is 0 Å². The monoisotopic (exact) mass is 290 g/mol. The largest absolute Gasteiger partial charge is 0.265 e. The molecular weight excluding hydrogens is 272 g/mol. The highest BCUT2D eigenvalue weighted by Crippen LogP contribution is 2.13. The molecule has 1 heterocycles. The summed E-state index contributed by atoms with van der Waals surface area (Å²) in [5.74, 6) is 0. The van der Waals surface area contributed by atoms with Crippen LogP contribution in [0, 0.1) is 6.92 Å². The van der Waals surface area contributed by atoms with Crippen molar-refractivity contribution in [3.05, 3.63) is 65.5 Å². The van der Waals surface area contributed by atoms with Gasteiger partial charge in [0, 0.05) is 25.5 Å². The second-order valence-corrected chi connectivity index (χ2v) is 6.85. The zero-order chi connectivity index (χ0) is 14.6. The van der Waals surface area contributed by atoms with E-state index in [0.717, 1.165) is 16.7 Å². The Morgan fingerprint density at radius 1 is 0.950 bits per heavy atom. The number of pyridine rings is 1. The maximum atomic E-state index is 11.9. The van der Waals surface area contributed by atoms with E-state index in [0.29, 0.717) is 13.1 Å². The first-order valence-corrected chi connectivity index (χ1v) is 8.19. The number of nitrogens with zero attached hydrogens (tertiary/aromatic N) is 2. The Bertz CT molecular complexity index is 652. The Morgan fingerprint density at radius 2 is 1.45 bits per heavy atom. The Balaban J connectivity index is 2.19. The number of sulfonamides is 1. The number of aryl methyl sites for hydroxylation is 1. The summed E-state index contributed by atoms with van der Waals surface area (Å²) in [6, 6.07) is 11.5. The average molecular weight is 290 g/mol. The standard InChI is InChI=1S/C15H18N2O2S/c1-13-3-5-14(6-4-13)11-17(20(2,18)19)12-15-7-9-16-10-8-15/h3-10H,11-12H2,1-2H3. The highest BCUT2D eigenvalue weighted by Gasteiger charge is 2.17. The number of aromatic nitrogens is 1. The summed E-state index contributed by atoms with van der Waals surface area (Å²) in [6.07, 6.45) is 4.58. The SMILES string of the molecule is Cc1ccc(CN(Cc2ccncc2)S(C)(=O)=O)cc1. The van der Waals surface area contributed by atoms with Crippen molar-refractivity contribution in [2.75, 3.05) is 6.26 Å². The molecule has 0 spiro atoms. The van der Waals surface area contributed by atoms with Crippen molar-refractivity contribution in [1.29, 1.82) is 0 Å². The van der Waals surface area contributed by atoms with Crippen molar-refractivity contribution in [2.24, 2.45) is 0 Å². The van der Waals surface area contributed by atoms with Crippen molar-refractivity contribution in [3.63, 3.8) is 0 Å². The quantitative estimate of drug-likeness (QED) is 0.849. The predicted octanol–water partition coefficient (Wildman–Crippen LogP) is 2.35. The molecule has 0 amide bonds. The van der Waals surface area contributed by atoms with E-state index >= 15 is 0 Å². The van der Waals surface area contributed by atoms with Crippen LogP contribution >= 0.6 is 0 Å². The summed E-state index contributed by atoms with van der Waals surface area (Å²) in [4.78, 5) is 3.94. The first kappa shape index (κ1) is 14.7. The van der Waals surface area contributed by atoms with Crippen LogP contribution in [0.4, 0.5) is 0 Å². The minimum absolute atomic E-state index is 0.356. The fraction of sp³-hybridized carbons (Fsp3) is 0.267. The average Bonchev–Trinajstić information content (AvgIpc) is 2.40. The molecule has 0 N–H and O–H groups in total. The first-order chi connectivity index (χ1) is 9.45. The minimum Gasteiger partial charge on any atom is -0.265 e. The predicted molar refractivity (Wildman–Crippen MR) is 79.5 cm³/mol. The Labute approximate surface area is 120 Å². The fourth-order valence-electron chi connectivity index (χ4n) is 1.88. The summed E-state index contributed by atoms with van der Waals surface area (Å²) in [5, 5.41) is 0. The van der Waals surface area contributed by atoms with Crippen molar-refractivity contribution >= 4 is 10.0 Å². The smallest absolute Gasteiger partial charge is 0.211 e. The van der Waals surface area contributed by atoms with E-state index in [1.807, 2.05) is 43.3 Å². The maximum absolute atomic E-state index is 11.9. The molecule has 0 bridgehead atoms. The van der Waals surface area contributed by atoms with Crippen LogP contribution in [0.5, 0.6) is 0 Å². The summed E-state index contributed by atoms with van der Waals surface area (Å²) < 4.78 is 25.3. The van der Waals surface area contributed by atoms with Crippen LogP contribution in [0.25, 0.3) is 0 Å². The van der Waals surface area contributed by atoms with Crippen LogP contribution in [-0.2, 0) is 23.1 Å². The lowest BCUT2D eigenvalue weighted by molar-refractivity contribution is 0.405. The second kappa shape index (κ2) is 6.15. The van der Waals surface area contributed by atoms with Crippen molar-refractivity contribution in [3.8, 4) is 0 Å². The van der Waals surface area contributed by atoms with Crippen molar-refractivity contribution in [2.45, 2.75) is 20.0 Å². The molecule has 2 rings (SSSR count). The summed E-state index contributed by atoms with van der Waals surface area (Å²) >= 11 is 0. The lowest BCUT2D eigenvalue weighted by Crippen LogP contribution is -2.29. The molecule has 4 nitrogen and oxygen atoms in total. The van der Waals surface area contributed by atoms with Crippen LogP contribution in [0.15, 0.2) is 48.8 Å². The fourth-order valence-corrected chi connectivity index (χ4v) is 2.65. The van der Waals surface area contributed by atoms with E-state index < -0.39 is 10.0 Å². The van der Waals surface area contributed by atoms with Gasteiger partial charge in [-0.1, -0.05) is 29.8 Å². The van der Waals surface area contributed by atoms with Gasteiger partial charge >= 0.3 is 0 Å². The molecular formula is C15H18N2O2S. The molecule has 0 aliphatic heterocycles. The van der Waals surface area contributed by atoms with Gasteiger partial charge in [0.2, 0.25) is 10.0 Å². The molecule has 0 aliphatic carbocycles. The van der Waals surface area contributed by atoms with E-state index in [1.54, 1.807) is 12.4 Å². The first-order valence-electron chi connectivity index (χ1n) is 6.35. The molecule has 0 atom stereocenters. The molecule has 106 valence electrons. The van der Waals surface area contributed by atoms with Gasteiger partial charge in [-0.15, -0.1) is 0 Å². The molecule has 20 heavy (non-hydrogen) atoms. The van der Waals surface area contributed by atoms with Gasteiger partial charge in [0.05, 0.1) is 6.26 Å². The lowest BCUT2D eigenvalue weighted by atomic mass is 10.1. The van der Waals surface area contributed by atoms with Gasteiger partial charge in [-0.05, 0) is 30.2 Å². The molecule has 0 aliphatic rings. The Morgan fingerprint density at radius 3 is 1.95 bits per heavy atom. The molecule has 1 aromatic heterocycles. The van der Waals surface area contributed by atoms with Crippen molar-refractivity contribution in [1.82, 2.24) is 9.29 Å². The number of benzene rings is 1. The Hall–Kier alpha value is -1.72. The van der Waals surface area contributed by atoms with Crippen LogP contribution in [-0.4, -0.2) is 24.0 Å². The van der Waals surface area contributed by atoms with E-state index in [2.05, 4.69) is 4.98 Å². The van der Waals surface area contributed by atoms with Gasteiger partial charge in [0.25, 0.3) is 0 Å². The molecule has 2 aromatic rings. The van der Waals surface area contributed by atoms with Gasteiger partial charge in [-0.25, -0.2) is 8.42 Å². The van der Waals surface area contributed by atoms with Crippen LogP contribution in [0.3, 0.4) is 0 Å². The number of hydrogen-bond donors (Lipinski definition) is 0. The zero-order valence-electron chi connectivity index (χ0n) is 11.7. The van der Waals surface area contributed by atoms with Gasteiger partial charge in [-0.2, -0.15) is 4.31 Å². The maximum Gasteiger partial charge on any atom is 0.211 e. The molecule has 0 unspecified atom stereocenters. The summed E-state index contributed by atoms with van der Waals surface area (Å²) in [6.45, 7) is 2.74. The van der Waals surface area contributed by atoms with Gasteiger partial charge in [0.15, 0.2) is 0 Å². The molecule has 5 heteroatoms. The zero-order valence-corrected chi connectivity index (χ0v) is 12.5. The molecule has 1 aromatic carbocycles. The second-order valence-electron chi connectivity index (χ2n) is 4.87. The van der Waals surface area contributed by atoms with E-state index in [-0.39, 0.29) is 0 Å². The third-order valence-corrected chi connectivity index (χ3v) is 4.25. The van der Waals surface area contributed by atoms with E-state index in [1.165, 1.54) is 10.6 Å². The third kappa shape index (κ3) is 4.15. The molecule has 0 radical (unpaired) electrons. The topological polar surface area (TPSA) is 50.3 Å².